The smallest absolute Gasteiger partial charge is 0.109 e. The zero-order valence-corrected chi connectivity index (χ0v) is 10.7. The molecule has 0 saturated carbocycles. The SMILES string of the molecule is Cc1ccc2c(c1)Cc1[nH]c(C(C)C)nc1C2. The van der Waals surface area contributed by atoms with Crippen LogP contribution >= 0.6 is 0 Å². The van der Waals surface area contributed by atoms with Crippen LogP contribution in [0.15, 0.2) is 18.2 Å². The van der Waals surface area contributed by atoms with E-state index in [0.29, 0.717) is 5.92 Å². The van der Waals surface area contributed by atoms with Gasteiger partial charge in [0.1, 0.15) is 5.82 Å². The van der Waals surface area contributed by atoms with E-state index in [-0.39, 0.29) is 0 Å². The van der Waals surface area contributed by atoms with E-state index in [4.69, 9.17) is 4.98 Å². The molecule has 88 valence electrons. The minimum absolute atomic E-state index is 0.477. The van der Waals surface area contributed by atoms with Crippen molar-refractivity contribution in [1.82, 2.24) is 9.97 Å². The highest BCUT2D eigenvalue weighted by molar-refractivity contribution is 5.42. The highest BCUT2D eigenvalue weighted by Gasteiger charge is 2.19. The van der Waals surface area contributed by atoms with Gasteiger partial charge in [-0.05, 0) is 18.1 Å². The number of rotatable bonds is 1. The lowest BCUT2D eigenvalue weighted by Gasteiger charge is -2.15. The van der Waals surface area contributed by atoms with Crippen LogP contribution in [0.5, 0.6) is 0 Å². The molecular formula is C15H18N2. The second-order valence-electron chi connectivity index (χ2n) is 5.33. The van der Waals surface area contributed by atoms with Gasteiger partial charge in [0, 0.05) is 24.5 Å². The van der Waals surface area contributed by atoms with E-state index in [9.17, 15) is 0 Å². The maximum Gasteiger partial charge on any atom is 0.109 e. The van der Waals surface area contributed by atoms with Gasteiger partial charge < -0.3 is 4.98 Å². The maximum atomic E-state index is 4.72. The Morgan fingerprint density at radius 3 is 2.76 bits per heavy atom. The van der Waals surface area contributed by atoms with Crippen molar-refractivity contribution in [3.05, 3.63) is 52.1 Å². The molecule has 1 heterocycles. The van der Waals surface area contributed by atoms with Crippen LogP contribution in [0, 0.1) is 6.92 Å². The van der Waals surface area contributed by atoms with Gasteiger partial charge in [0.15, 0.2) is 0 Å². The standard InChI is InChI=1S/C15H18N2/c1-9(2)15-16-13-7-11-5-4-10(3)6-12(11)8-14(13)17-15/h4-6,9H,7-8H2,1-3H3,(H,16,17). The first-order valence-corrected chi connectivity index (χ1v) is 6.29. The van der Waals surface area contributed by atoms with Crippen LogP contribution in [-0.2, 0) is 12.8 Å². The number of H-pyrrole nitrogens is 1. The van der Waals surface area contributed by atoms with Gasteiger partial charge in [-0.3, -0.25) is 0 Å². The van der Waals surface area contributed by atoms with Gasteiger partial charge >= 0.3 is 0 Å². The van der Waals surface area contributed by atoms with E-state index in [1.807, 2.05) is 0 Å². The molecule has 0 amide bonds. The number of nitrogens with zero attached hydrogens (tertiary/aromatic N) is 1. The molecular weight excluding hydrogens is 208 g/mol. The second kappa shape index (κ2) is 3.73. The minimum Gasteiger partial charge on any atom is -0.345 e. The van der Waals surface area contributed by atoms with Crippen LogP contribution < -0.4 is 0 Å². The van der Waals surface area contributed by atoms with Gasteiger partial charge in [0.25, 0.3) is 0 Å². The normalized spacial score (nSPS) is 13.6. The molecule has 0 unspecified atom stereocenters. The lowest BCUT2D eigenvalue weighted by atomic mass is 9.91. The Balaban J connectivity index is 2.02. The molecule has 0 bridgehead atoms. The molecule has 0 aliphatic heterocycles. The van der Waals surface area contributed by atoms with Gasteiger partial charge in [0.05, 0.1) is 5.69 Å². The van der Waals surface area contributed by atoms with Crippen molar-refractivity contribution in [2.24, 2.45) is 0 Å². The molecule has 2 nitrogen and oxygen atoms in total. The van der Waals surface area contributed by atoms with Crippen molar-refractivity contribution in [3.8, 4) is 0 Å². The summed E-state index contributed by atoms with van der Waals surface area (Å²) in [6, 6.07) is 6.74. The summed E-state index contributed by atoms with van der Waals surface area (Å²) in [4.78, 5) is 8.20. The number of imidazole rings is 1. The van der Waals surface area contributed by atoms with E-state index < -0.39 is 0 Å². The Kier molecular flexibility index (Phi) is 2.32. The molecule has 0 atom stereocenters. The molecule has 1 aliphatic carbocycles. The molecule has 0 saturated heterocycles. The number of aryl methyl sites for hydroxylation is 1. The molecule has 0 fully saturated rings. The lowest BCUT2D eigenvalue weighted by Crippen LogP contribution is -2.07. The van der Waals surface area contributed by atoms with Crippen LogP contribution in [0.25, 0.3) is 0 Å². The summed E-state index contributed by atoms with van der Waals surface area (Å²) < 4.78 is 0. The van der Waals surface area contributed by atoms with Crippen LogP contribution in [-0.4, -0.2) is 9.97 Å². The summed E-state index contributed by atoms with van der Waals surface area (Å²) in [5.41, 5.74) is 6.79. The highest BCUT2D eigenvalue weighted by atomic mass is 14.9. The quantitative estimate of drug-likeness (QED) is 0.677. The summed E-state index contributed by atoms with van der Waals surface area (Å²) >= 11 is 0. The number of hydrogen-bond acceptors (Lipinski definition) is 1. The molecule has 1 aliphatic rings. The predicted molar refractivity (Wildman–Crippen MR) is 69.5 cm³/mol. The van der Waals surface area contributed by atoms with E-state index >= 15 is 0 Å². The number of aromatic amines is 1. The third-order valence-corrected chi connectivity index (χ3v) is 3.52. The van der Waals surface area contributed by atoms with Crippen molar-refractivity contribution in [1.29, 1.82) is 0 Å². The van der Waals surface area contributed by atoms with Crippen molar-refractivity contribution in [3.63, 3.8) is 0 Å². The topological polar surface area (TPSA) is 28.7 Å². The van der Waals surface area contributed by atoms with Gasteiger partial charge in [-0.2, -0.15) is 0 Å². The third-order valence-electron chi connectivity index (χ3n) is 3.52. The van der Waals surface area contributed by atoms with Crippen molar-refractivity contribution < 1.29 is 0 Å². The summed E-state index contributed by atoms with van der Waals surface area (Å²) in [6.07, 6.45) is 1.99. The average molecular weight is 226 g/mol. The Bertz CT molecular complexity index is 564. The summed E-state index contributed by atoms with van der Waals surface area (Å²) in [5, 5.41) is 0. The molecule has 3 rings (SSSR count). The average Bonchev–Trinajstić information content (AvgIpc) is 2.68. The zero-order chi connectivity index (χ0) is 12.0. The fourth-order valence-electron chi connectivity index (χ4n) is 2.50. The molecule has 0 radical (unpaired) electrons. The Morgan fingerprint density at radius 1 is 1.18 bits per heavy atom. The molecule has 1 N–H and O–H groups in total. The third kappa shape index (κ3) is 1.78. The van der Waals surface area contributed by atoms with Crippen LogP contribution in [0.2, 0.25) is 0 Å². The first kappa shape index (κ1) is 10.6. The molecule has 0 spiro atoms. The van der Waals surface area contributed by atoms with E-state index in [1.54, 1.807) is 0 Å². The number of benzene rings is 1. The monoisotopic (exact) mass is 226 g/mol. The fraction of sp³-hybridized carbons (Fsp3) is 0.400. The molecule has 2 heteroatoms. The van der Waals surface area contributed by atoms with E-state index in [2.05, 4.69) is 44.0 Å². The van der Waals surface area contributed by atoms with Crippen molar-refractivity contribution in [2.45, 2.75) is 39.5 Å². The number of fused-ring (bicyclic) bond motifs is 2. The van der Waals surface area contributed by atoms with Gasteiger partial charge in [-0.1, -0.05) is 37.6 Å². The molecule has 1 aromatic carbocycles. The van der Waals surface area contributed by atoms with Crippen molar-refractivity contribution in [2.75, 3.05) is 0 Å². The van der Waals surface area contributed by atoms with E-state index in [1.165, 1.54) is 28.1 Å². The first-order chi connectivity index (χ1) is 8.13. The number of aromatic nitrogens is 2. The number of hydrogen-bond donors (Lipinski definition) is 1. The first-order valence-electron chi connectivity index (χ1n) is 6.29. The Hall–Kier alpha value is -1.57. The van der Waals surface area contributed by atoms with Gasteiger partial charge in [-0.25, -0.2) is 4.98 Å². The highest BCUT2D eigenvalue weighted by Crippen LogP contribution is 2.27. The predicted octanol–water partition coefficient (Wildman–Crippen LogP) is 3.34. The lowest BCUT2D eigenvalue weighted by molar-refractivity contribution is 0.788. The zero-order valence-electron chi connectivity index (χ0n) is 10.7. The van der Waals surface area contributed by atoms with Gasteiger partial charge in [0.2, 0.25) is 0 Å². The Morgan fingerprint density at radius 2 is 2.00 bits per heavy atom. The summed E-state index contributed by atoms with van der Waals surface area (Å²) in [7, 11) is 0. The van der Waals surface area contributed by atoms with Gasteiger partial charge in [-0.15, -0.1) is 0 Å². The summed E-state index contributed by atoms with van der Waals surface area (Å²) in [5.74, 6) is 1.60. The largest absolute Gasteiger partial charge is 0.345 e. The second-order valence-corrected chi connectivity index (χ2v) is 5.33. The minimum atomic E-state index is 0.477. The van der Waals surface area contributed by atoms with Crippen molar-refractivity contribution >= 4 is 0 Å². The fourth-order valence-corrected chi connectivity index (χ4v) is 2.50. The van der Waals surface area contributed by atoms with Crippen LogP contribution in [0.1, 0.15) is 53.7 Å². The maximum absolute atomic E-state index is 4.72. The molecule has 1 aromatic heterocycles. The van der Waals surface area contributed by atoms with E-state index in [0.717, 1.165) is 18.7 Å². The number of nitrogens with one attached hydrogen (secondary N) is 1. The molecule has 2 aromatic rings. The Labute approximate surface area is 102 Å². The van der Waals surface area contributed by atoms with Crippen LogP contribution in [0.4, 0.5) is 0 Å². The summed E-state index contributed by atoms with van der Waals surface area (Å²) in [6.45, 7) is 6.52. The molecule has 17 heavy (non-hydrogen) atoms. The van der Waals surface area contributed by atoms with Crippen LogP contribution in [0.3, 0.4) is 0 Å².